The van der Waals surface area contributed by atoms with Gasteiger partial charge in [0.25, 0.3) is 0 Å². The van der Waals surface area contributed by atoms with Crippen molar-refractivity contribution in [3.8, 4) is 5.75 Å². The maximum atomic E-state index is 13.3. The molecule has 0 saturated heterocycles. The number of halogens is 1. The summed E-state index contributed by atoms with van der Waals surface area (Å²) in [7, 11) is 0. The van der Waals surface area contributed by atoms with Crippen molar-refractivity contribution < 1.29 is 9.13 Å². The Hall–Kier alpha value is -2.81. The standard InChI is InChI=1S/C22H22FNO/c1-2-17-10-12-21(13-11-17)24-15-19-7-3-4-9-22(19)25-16-18-6-5-8-20(23)14-18/h3-14,24H,2,15-16H2,1H3. The monoisotopic (exact) mass is 335 g/mol. The Kier molecular flexibility index (Phi) is 5.68. The minimum Gasteiger partial charge on any atom is -0.489 e. The molecule has 1 N–H and O–H groups in total. The minimum absolute atomic E-state index is 0.244. The molecule has 0 aliphatic heterocycles. The van der Waals surface area contributed by atoms with E-state index in [2.05, 4.69) is 36.5 Å². The SMILES string of the molecule is CCc1ccc(NCc2ccccc2OCc2cccc(F)c2)cc1. The molecule has 3 rings (SSSR count). The van der Waals surface area contributed by atoms with Crippen LogP contribution in [0.5, 0.6) is 5.75 Å². The number of hydrogen-bond acceptors (Lipinski definition) is 2. The molecule has 0 fully saturated rings. The van der Waals surface area contributed by atoms with Gasteiger partial charge in [-0.1, -0.05) is 49.4 Å². The first-order valence-electron chi connectivity index (χ1n) is 8.52. The number of nitrogens with one attached hydrogen (secondary N) is 1. The van der Waals surface area contributed by atoms with Crippen LogP contribution in [0.4, 0.5) is 10.1 Å². The fraction of sp³-hybridized carbons (Fsp3) is 0.182. The largest absolute Gasteiger partial charge is 0.489 e. The van der Waals surface area contributed by atoms with Crippen LogP contribution in [-0.4, -0.2) is 0 Å². The summed E-state index contributed by atoms with van der Waals surface area (Å²) >= 11 is 0. The van der Waals surface area contributed by atoms with Gasteiger partial charge in [-0.05, 0) is 47.9 Å². The maximum absolute atomic E-state index is 13.3. The van der Waals surface area contributed by atoms with E-state index in [9.17, 15) is 4.39 Å². The molecular weight excluding hydrogens is 313 g/mol. The molecule has 0 saturated carbocycles. The van der Waals surface area contributed by atoms with E-state index in [1.165, 1.54) is 17.7 Å². The van der Waals surface area contributed by atoms with E-state index in [-0.39, 0.29) is 5.82 Å². The minimum atomic E-state index is -0.244. The topological polar surface area (TPSA) is 21.3 Å². The molecule has 3 heteroatoms. The van der Waals surface area contributed by atoms with Crippen molar-refractivity contribution in [3.05, 3.63) is 95.3 Å². The van der Waals surface area contributed by atoms with Gasteiger partial charge in [-0.3, -0.25) is 0 Å². The molecule has 3 aromatic carbocycles. The van der Waals surface area contributed by atoms with Gasteiger partial charge in [0.05, 0.1) is 0 Å². The lowest BCUT2D eigenvalue weighted by Gasteiger charge is -2.13. The summed E-state index contributed by atoms with van der Waals surface area (Å²) in [5.41, 5.74) is 4.29. The van der Waals surface area contributed by atoms with Crippen molar-refractivity contribution in [2.24, 2.45) is 0 Å². The molecule has 0 unspecified atom stereocenters. The summed E-state index contributed by atoms with van der Waals surface area (Å²) in [5, 5.41) is 3.42. The Morgan fingerprint density at radius 1 is 0.880 bits per heavy atom. The zero-order valence-corrected chi connectivity index (χ0v) is 14.3. The predicted octanol–water partition coefficient (Wildman–Crippen LogP) is 5.58. The summed E-state index contributed by atoms with van der Waals surface area (Å²) < 4.78 is 19.2. The fourth-order valence-electron chi connectivity index (χ4n) is 2.63. The first-order valence-corrected chi connectivity index (χ1v) is 8.52. The van der Waals surface area contributed by atoms with E-state index in [1.807, 2.05) is 30.3 Å². The Balaban J connectivity index is 1.63. The maximum Gasteiger partial charge on any atom is 0.124 e. The van der Waals surface area contributed by atoms with E-state index >= 15 is 0 Å². The quantitative estimate of drug-likeness (QED) is 0.608. The number of anilines is 1. The van der Waals surface area contributed by atoms with Crippen molar-refractivity contribution in [3.63, 3.8) is 0 Å². The fourth-order valence-corrected chi connectivity index (χ4v) is 2.63. The van der Waals surface area contributed by atoms with Crippen LogP contribution in [0.25, 0.3) is 0 Å². The molecule has 3 aromatic rings. The Morgan fingerprint density at radius 3 is 2.44 bits per heavy atom. The zero-order chi connectivity index (χ0) is 17.5. The number of ether oxygens (including phenoxy) is 1. The van der Waals surface area contributed by atoms with Crippen LogP contribution in [0.3, 0.4) is 0 Å². The van der Waals surface area contributed by atoms with Crippen molar-refractivity contribution in [1.82, 2.24) is 0 Å². The lowest BCUT2D eigenvalue weighted by Crippen LogP contribution is -2.04. The molecule has 0 radical (unpaired) electrons. The molecule has 25 heavy (non-hydrogen) atoms. The number of rotatable bonds is 7. The molecule has 0 heterocycles. The average molecular weight is 335 g/mol. The molecule has 0 aliphatic rings. The van der Waals surface area contributed by atoms with Gasteiger partial charge in [-0.15, -0.1) is 0 Å². The van der Waals surface area contributed by atoms with E-state index in [0.29, 0.717) is 13.2 Å². The third-order valence-corrected chi connectivity index (χ3v) is 4.10. The van der Waals surface area contributed by atoms with Gasteiger partial charge in [0.15, 0.2) is 0 Å². The second-order valence-corrected chi connectivity index (χ2v) is 5.93. The van der Waals surface area contributed by atoms with Gasteiger partial charge in [0, 0.05) is 17.8 Å². The molecule has 128 valence electrons. The second kappa shape index (κ2) is 8.34. The van der Waals surface area contributed by atoms with Crippen LogP contribution in [0, 0.1) is 5.82 Å². The van der Waals surface area contributed by atoms with Gasteiger partial charge in [-0.2, -0.15) is 0 Å². The average Bonchev–Trinajstić information content (AvgIpc) is 2.66. The first-order chi connectivity index (χ1) is 12.2. The van der Waals surface area contributed by atoms with Crippen LogP contribution < -0.4 is 10.1 Å². The zero-order valence-electron chi connectivity index (χ0n) is 14.3. The predicted molar refractivity (Wildman–Crippen MR) is 100 cm³/mol. The summed E-state index contributed by atoms with van der Waals surface area (Å²) in [5.74, 6) is 0.566. The van der Waals surface area contributed by atoms with Crippen LogP contribution in [-0.2, 0) is 19.6 Å². The molecule has 0 amide bonds. The number of hydrogen-bond donors (Lipinski definition) is 1. The van der Waals surface area contributed by atoms with Gasteiger partial charge in [-0.25, -0.2) is 4.39 Å². The number of para-hydroxylation sites is 1. The summed E-state index contributed by atoms with van der Waals surface area (Å²) in [6.45, 7) is 3.17. The third-order valence-electron chi connectivity index (χ3n) is 4.10. The van der Waals surface area contributed by atoms with Crippen molar-refractivity contribution in [2.45, 2.75) is 26.5 Å². The lowest BCUT2D eigenvalue weighted by atomic mass is 10.1. The molecule has 0 aromatic heterocycles. The van der Waals surface area contributed by atoms with Gasteiger partial charge in [0.2, 0.25) is 0 Å². The van der Waals surface area contributed by atoms with E-state index < -0.39 is 0 Å². The number of aryl methyl sites for hydroxylation is 1. The highest BCUT2D eigenvalue weighted by Gasteiger charge is 2.04. The van der Waals surface area contributed by atoms with Gasteiger partial charge < -0.3 is 10.1 Å². The summed E-state index contributed by atoms with van der Waals surface area (Å²) in [6, 6.07) is 22.9. The first kappa shape index (κ1) is 17.0. The van der Waals surface area contributed by atoms with E-state index in [0.717, 1.165) is 29.0 Å². The summed E-state index contributed by atoms with van der Waals surface area (Å²) in [6.07, 6.45) is 1.04. The second-order valence-electron chi connectivity index (χ2n) is 5.93. The molecule has 0 bridgehead atoms. The molecular formula is C22H22FNO. The van der Waals surface area contributed by atoms with Crippen molar-refractivity contribution in [1.29, 1.82) is 0 Å². The lowest BCUT2D eigenvalue weighted by molar-refractivity contribution is 0.302. The normalized spacial score (nSPS) is 10.5. The summed E-state index contributed by atoms with van der Waals surface area (Å²) in [4.78, 5) is 0. The molecule has 0 atom stereocenters. The van der Waals surface area contributed by atoms with Crippen molar-refractivity contribution >= 4 is 5.69 Å². The highest BCUT2D eigenvalue weighted by atomic mass is 19.1. The van der Waals surface area contributed by atoms with Crippen LogP contribution >= 0.6 is 0 Å². The Labute approximate surface area is 148 Å². The van der Waals surface area contributed by atoms with E-state index in [4.69, 9.17) is 4.74 Å². The van der Waals surface area contributed by atoms with Crippen LogP contribution in [0.2, 0.25) is 0 Å². The van der Waals surface area contributed by atoms with Gasteiger partial charge in [0.1, 0.15) is 18.2 Å². The molecule has 2 nitrogen and oxygen atoms in total. The van der Waals surface area contributed by atoms with Crippen molar-refractivity contribution in [2.75, 3.05) is 5.32 Å². The highest BCUT2D eigenvalue weighted by molar-refractivity contribution is 5.46. The number of benzene rings is 3. The third kappa shape index (κ3) is 4.83. The van der Waals surface area contributed by atoms with Crippen LogP contribution in [0.15, 0.2) is 72.8 Å². The Bertz CT molecular complexity index is 814. The molecule has 0 spiro atoms. The highest BCUT2D eigenvalue weighted by Crippen LogP contribution is 2.21. The van der Waals surface area contributed by atoms with Crippen LogP contribution in [0.1, 0.15) is 23.6 Å². The van der Waals surface area contributed by atoms with Gasteiger partial charge >= 0.3 is 0 Å². The van der Waals surface area contributed by atoms with E-state index in [1.54, 1.807) is 6.07 Å². The Morgan fingerprint density at radius 2 is 1.68 bits per heavy atom. The molecule has 0 aliphatic carbocycles. The smallest absolute Gasteiger partial charge is 0.124 e.